The highest BCUT2D eigenvalue weighted by Crippen LogP contribution is 2.21. The van der Waals surface area contributed by atoms with Crippen LogP contribution < -0.4 is 10.5 Å². The molecule has 0 aliphatic carbocycles. The first-order valence-electron chi connectivity index (χ1n) is 5.39. The van der Waals surface area contributed by atoms with Gasteiger partial charge in [0.15, 0.2) is 5.82 Å². The van der Waals surface area contributed by atoms with Crippen LogP contribution in [0, 0.1) is 6.92 Å². The van der Waals surface area contributed by atoms with Crippen molar-refractivity contribution in [2.45, 2.75) is 13.0 Å². The van der Waals surface area contributed by atoms with Crippen LogP contribution in [0.25, 0.3) is 0 Å². The maximum atomic E-state index is 6.13. The lowest BCUT2D eigenvalue weighted by Gasteiger charge is -2.09. The average Bonchev–Trinajstić information content (AvgIpc) is 2.69. The van der Waals surface area contributed by atoms with Crippen molar-refractivity contribution >= 4 is 0 Å². The first-order valence-corrected chi connectivity index (χ1v) is 5.39. The van der Waals surface area contributed by atoms with Crippen molar-refractivity contribution in [3.05, 3.63) is 41.5 Å². The summed E-state index contributed by atoms with van der Waals surface area (Å²) in [5.41, 5.74) is 7.07. The lowest BCUT2D eigenvalue weighted by molar-refractivity contribution is 0.414. The number of benzene rings is 1. The molecule has 2 aromatic rings. The zero-order valence-electron chi connectivity index (χ0n) is 10.2. The van der Waals surface area contributed by atoms with Gasteiger partial charge in [0, 0.05) is 7.05 Å². The summed E-state index contributed by atoms with van der Waals surface area (Å²) in [7, 11) is 3.48. The Hall–Kier alpha value is -1.88. The Balaban J connectivity index is 2.32. The topological polar surface area (TPSA) is 66.0 Å². The molecule has 2 rings (SSSR count). The SMILES string of the molecule is COc1cccc([C@H](N)c2nc(C)n(C)n2)c1. The van der Waals surface area contributed by atoms with Gasteiger partial charge in [0.2, 0.25) is 0 Å². The summed E-state index contributed by atoms with van der Waals surface area (Å²) < 4.78 is 6.89. The summed E-state index contributed by atoms with van der Waals surface area (Å²) in [6.07, 6.45) is 0. The first kappa shape index (κ1) is 11.6. The van der Waals surface area contributed by atoms with E-state index < -0.39 is 0 Å². The minimum atomic E-state index is -0.329. The van der Waals surface area contributed by atoms with Crippen molar-refractivity contribution < 1.29 is 4.74 Å². The van der Waals surface area contributed by atoms with Crippen LogP contribution in [-0.2, 0) is 7.05 Å². The first-order chi connectivity index (χ1) is 8.11. The highest BCUT2D eigenvalue weighted by Gasteiger charge is 2.15. The van der Waals surface area contributed by atoms with E-state index in [0.717, 1.165) is 17.1 Å². The molecule has 90 valence electrons. The molecule has 1 aromatic carbocycles. The van der Waals surface area contributed by atoms with E-state index in [9.17, 15) is 0 Å². The van der Waals surface area contributed by atoms with E-state index in [4.69, 9.17) is 10.5 Å². The van der Waals surface area contributed by atoms with Gasteiger partial charge in [-0.05, 0) is 24.6 Å². The molecule has 1 aromatic heterocycles. The van der Waals surface area contributed by atoms with E-state index in [2.05, 4.69) is 10.1 Å². The second-order valence-electron chi connectivity index (χ2n) is 3.90. The molecule has 5 nitrogen and oxygen atoms in total. The molecule has 0 fully saturated rings. The second-order valence-corrected chi connectivity index (χ2v) is 3.90. The summed E-state index contributed by atoms with van der Waals surface area (Å²) >= 11 is 0. The lowest BCUT2D eigenvalue weighted by Crippen LogP contribution is -2.14. The third-order valence-electron chi connectivity index (χ3n) is 2.73. The maximum Gasteiger partial charge on any atom is 0.172 e. The van der Waals surface area contributed by atoms with E-state index in [1.807, 2.05) is 38.2 Å². The monoisotopic (exact) mass is 232 g/mol. The van der Waals surface area contributed by atoms with Gasteiger partial charge in [-0.1, -0.05) is 12.1 Å². The summed E-state index contributed by atoms with van der Waals surface area (Å²) in [5.74, 6) is 2.25. The highest BCUT2D eigenvalue weighted by atomic mass is 16.5. The second kappa shape index (κ2) is 4.55. The summed E-state index contributed by atoms with van der Waals surface area (Å²) in [6, 6.07) is 7.30. The van der Waals surface area contributed by atoms with E-state index in [-0.39, 0.29) is 6.04 Å². The number of methoxy groups -OCH3 is 1. The van der Waals surface area contributed by atoms with Crippen molar-refractivity contribution in [3.8, 4) is 5.75 Å². The Labute approximate surface area is 100 Å². The van der Waals surface area contributed by atoms with E-state index in [0.29, 0.717) is 5.82 Å². The Morgan fingerprint density at radius 1 is 1.41 bits per heavy atom. The largest absolute Gasteiger partial charge is 0.497 e. The van der Waals surface area contributed by atoms with E-state index in [1.54, 1.807) is 11.8 Å². The molecule has 0 bridgehead atoms. The number of hydrogen-bond acceptors (Lipinski definition) is 4. The van der Waals surface area contributed by atoms with Gasteiger partial charge >= 0.3 is 0 Å². The summed E-state index contributed by atoms with van der Waals surface area (Å²) in [5, 5.41) is 4.28. The van der Waals surface area contributed by atoms with Crippen LogP contribution in [0.1, 0.15) is 23.3 Å². The Morgan fingerprint density at radius 3 is 2.76 bits per heavy atom. The molecule has 0 unspecified atom stereocenters. The number of nitrogens with two attached hydrogens (primary N) is 1. The number of ether oxygens (including phenoxy) is 1. The van der Waals surface area contributed by atoms with Gasteiger partial charge < -0.3 is 10.5 Å². The Morgan fingerprint density at radius 2 is 2.18 bits per heavy atom. The van der Waals surface area contributed by atoms with E-state index >= 15 is 0 Å². The predicted octanol–water partition coefficient (Wildman–Crippen LogP) is 1.18. The molecule has 1 heterocycles. The molecule has 0 amide bonds. The molecule has 17 heavy (non-hydrogen) atoms. The van der Waals surface area contributed by atoms with Gasteiger partial charge in [-0.3, -0.25) is 4.68 Å². The standard InChI is InChI=1S/C12H16N4O/c1-8-14-12(15-16(8)2)11(13)9-5-4-6-10(7-9)17-3/h4-7,11H,13H2,1-3H3/t11-/m0/s1. The lowest BCUT2D eigenvalue weighted by atomic mass is 10.1. The molecule has 0 aliphatic rings. The average molecular weight is 232 g/mol. The number of aromatic nitrogens is 3. The van der Waals surface area contributed by atoms with Gasteiger partial charge in [0.05, 0.1) is 13.2 Å². The third-order valence-corrected chi connectivity index (χ3v) is 2.73. The minimum Gasteiger partial charge on any atom is -0.497 e. The number of hydrogen-bond donors (Lipinski definition) is 1. The van der Waals surface area contributed by atoms with Crippen molar-refractivity contribution in [1.29, 1.82) is 0 Å². The number of rotatable bonds is 3. The highest BCUT2D eigenvalue weighted by molar-refractivity contribution is 5.32. The van der Waals surface area contributed by atoms with Crippen LogP contribution in [0.15, 0.2) is 24.3 Å². The smallest absolute Gasteiger partial charge is 0.172 e. The normalized spacial score (nSPS) is 12.5. The van der Waals surface area contributed by atoms with Gasteiger partial charge in [-0.2, -0.15) is 5.10 Å². The summed E-state index contributed by atoms with van der Waals surface area (Å²) in [6.45, 7) is 1.90. The van der Waals surface area contributed by atoms with Crippen molar-refractivity contribution in [3.63, 3.8) is 0 Å². The molecule has 5 heteroatoms. The van der Waals surface area contributed by atoms with Gasteiger partial charge in [-0.25, -0.2) is 4.98 Å². The van der Waals surface area contributed by atoms with Crippen LogP contribution in [0.2, 0.25) is 0 Å². The molecular formula is C12H16N4O. The fourth-order valence-electron chi connectivity index (χ4n) is 1.60. The quantitative estimate of drug-likeness (QED) is 0.863. The Bertz CT molecular complexity index is 501. The fourth-order valence-corrected chi connectivity index (χ4v) is 1.60. The fraction of sp³-hybridized carbons (Fsp3) is 0.333. The zero-order valence-corrected chi connectivity index (χ0v) is 10.2. The van der Waals surface area contributed by atoms with Gasteiger partial charge in [0.1, 0.15) is 11.6 Å². The van der Waals surface area contributed by atoms with Gasteiger partial charge in [0.25, 0.3) is 0 Å². The molecule has 0 aliphatic heterocycles. The minimum absolute atomic E-state index is 0.329. The van der Waals surface area contributed by atoms with Crippen molar-refractivity contribution in [1.82, 2.24) is 14.8 Å². The van der Waals surface area contributed by atoms with Crippen LogP contribution >= 0.6 is 0 Å². The summed E-state index contributed by atoms with van der Waals surface area (Å²) in [4.78, 5) is 4.33. The van der Waals surface area contributed by atoms with Crippen LogP contribution in [0.5, 0.6) is 5.75 Å². The number of aryl methyl sites for hydroxylation is 2. The molecule has 1 atom stereocenters. The molecule has 0 saturated carbocycles. The van der Waals surface area contributed by atoms with E-state index in [1.165, 1.54) is 0 Å². The van der Waals surface area contributed by atoms with Crippen molar-refractivity contribution in [2.75, 3.05) is 7.11 Å². The van der Waals surface area contributed by atoms with Crippen LogP contribution in [0.3, 0.4) is 0 Å². The van der Waals surface area contributed by atoms with Crippen LogP contribution in [-0.4, -0.2) is 21.9 Å². The van der Waals surface area contributed by atoms with Gasteiger partial charge in [-0.15, -0.1) is 0 Å². The molecule has 0 radical (unpaired) electrons. The molecule has 0 saturated heterocycles. The molecular weight excluding hydrogens is 216 g/mol. The maximum absolute atomic E-state index is 6.13. The molecule has 0 spiro atoms. The third kappa shape index (κ3) is 2.29. The van der Waals surface area contributed by atoms with Crippen molar-refractivity contribution in [2.24, 2.45) is 12.8 Å². The predicted molar refractivity (Wildman–Crippen MR) is 64.8 cm³/mol. The van der Waals surface area contributed by atoms with Crippen LogP contribution in [0.4, 0.5) is 0 Å². The number of nitrogens with zero attached hydrogens (tertiary/aromatic N) is 3. The molecule has 2 N–H and O–H groups in total. The Kier molecular flexibility index (Phi) is 3.10. The zero-order chi connectivity index (χ0) is 12.4.